The van der Waals surface area contributed by atoms with Gasteiger partial charge in [0.2, 0.25) is 0 Å². The normalized spacial score (nSPS) is 19.4. The molecule has 0 unspecified atom stereocenters. The Morgan fingerprint density at radius 2 is 2.10 bits per heavy atom. The van der Waals surface area contributed by atoms with Gasteiger partial charge in [-0.25, -0.2) is 0 Å². The molecule has 0 amide bonds. The molecule has 2 heterocycles. The predicted molar refractivity (Wildman–Crippen MR) is 72.7 cm³/mol. The fourth-order valence-corrected chi connectivity index (χ4v) is 3.31. The lowest BCUT2D eigenvalue weighted by atomic mass is 10.0. The Bertz CT molecular complexity index is 693. The molecule has 0 aliphatic carbocycles. The van der Waals surface area contributed by atoms with Crippen LogP contribution in [0.3, 0.4) is 0 Å². The van der Waals surface area contributed by atoms with Crippen molar-refractivity contribution in [3.05, 3.63) is 27.9 Å². The minimum absolute atomic E-state index is 0.109. The zero-order valence-corrected chi connectivity index (χ0v) is 12.1. The van der Waals surface area contributed by atoms with Crippen LogP contribution in [0.2, 0.25) is 0 Å². The molecule has 2 N–H and O–H groups in total. The van der Waals surface area contributed by atoms with E-state index in [1.807, 2.05) is 6.92 Å². The highest BCUT2D eigenvalue weighted by molar-refractivity contribution is 9.10. The molecule has 0 bridgehead atoms. The summed E-state index contributed by atoms with van der Waals surface area (Å²) in [5, 5.41) is 13.7. The van der Waals surface area contributed by atoms with Gasteiger partial charge in [-0.15, -0.1) is 0 Å². The Kier molecular flexibility index (Phi) is 3.02. The Morgan fingerprint density at radius 1 is 1.40 bits per heavy atom. The Labute approximate surface area is 121 Å². The molecule has 0 fully saturated rings. The molecule has 2 aromatic rings. The van der Waals surface area contributed by atoms with Crippen LogP contribution in [0.25, 0.3) is 10.8 Å². The van der Waals surface area contributed by atoms with Crippen LogP contribution >= 0.6 is 15.9 Å². The van der Waals surface area contributed by atoms with Crippen LogP contribution in [0.15, 0.2) is 16.6 Å². The molecular weight excluding hydrogens is 337 g/mol. The van der Waals surface area contributed by atoms with Crippen LogP contribution in [0.5, 0.6) is 5.88 Å². The van der Waals surface area contributed by atoms with Crippen molar-refractivity contribution >= 4 is 26.7 Å². The summed E-state index contributed by atoms with van der Waals surface area (Å²) in [5.74, 6) is -0.303. The average Bonchev–Trinajstić information content (AvgIpc) is 2.62. The van der Waals surface area contributed by atoms with Crippen LogP contribution in [-0.4, -0.2) is 16.2 Å². The van der Waals surface area contributed by atoms with Gasteiger partial charge in [-0.3, -0.25) is 0 Å². The number of nitrogens with one attached hydrogen (secondary N) is 1. The molecule has 1 aromatic carbocycles. The third-order valence-electron chi connectivity index (χ3n) is 3.65. The van der Waals surface area contributed by atoms with Gasteiger partial charge in [0.1, 0.15) is 0 Å². The van der Waals surface area contributed by atoms with Gasteiger partial charge in [0.05, 0.1) is 10.9 Å². The molecular formula is C13H12BrF3N2O. The quantitative estimate of drug-likeness (QED) is 0.759. The van der Waals surface area contributed by atoms with Crippen LogP contribution in [0.4, 0.5) is 13.2 Å². The van der Waals surface area contributed by atoms with Crippen molar-refractivity contribution in [2.45, 2.75) is 25.7 Å². The number of hydrogen-bond acceptors (Lipinski definition) is 2. The molecule has 1 aliphatic rings. The van der Waals surface area contributed by atoms with Gasteiger partial charge >= 0.3 is 6.18 Å². The lowest BCUT2D eigenvalue weighted by molar-refractivity contribution is -0.136. The first kappa shape index (κ1) is 13.8. The highest BCUT2D eigenvalue weighted by atomic mass is 79.9. The topological polar surface area (TPSA) is 37.2 Å². The van der Waals surface area contributed by atoms with Gasteiger partial charge in [0.25, 0.3) is 0 Å². The standard InChI is InChI=1S/C13H12BrF3N2O/c1-6-11-8-4-7(14)5-9(13(15,16)17)10(8)12(20)19(11)3-2-18-6/h4-6,18,20H,2-3H2,1H3/t6-/m0/s1. The maximum atomic E-state index is 13.2. The number of halogens is 4. The average molecular weight is 349 g/mol. The van der Waals surface area contributed by atoms with Crippen molar-refractivity contribution in [3.63, 3.8) is 0 Å². The zero-order valence-electron chi connectivity index (χ0n) is 10.6. The van der Waals surface area contributed by atoms with Crippen molar-refractivity contribution in [1.82, 2.24) is 9.88 Å². The highest BCUT2D eigenvalue weighted by Crippen LogP contribution is 2.45. The molecule has 3 nitrogen and oxygen atoms in total. The lowest BCUT2D eigenvalue weighted by Crippen LogP contribution is -2.31. The zero-order chi connectivity index (χ0) is 14.7. The summed E-state index contributed by atoms with van der Waals surface area (Å²) in [5.41, 5.74) is -0.121. The monoisotopic (exact) mass is 348 g/mol. The number of nitrogens with zero attached hydrogens (tertiary/aromatic N) is 1. The summed E-state index contributed by atoms with van der Waals surface area (Å²) in [4.78, 5) is 0. The van der Waals surface area contributed by atoms with Crippen molar-refractivity contribution < 1.29 is 18.3 Å². The maximum absolute atomic E-state index is 13.2. The second kappa shape index (κ2) is 4.39. The summed E-state index contributed by atoms with van der Waals surface area (Å²) >= 11 is 3.12. The van der Waals surface area contributed by atoms with Gasteiger partial charge < -0.3 is 15.0 Å². The highest BCUT2D eigenvalue weighted by Gasteiger charge is 2.37. The summed E-state index contributed by atoms with van der Waals surface area (Å²) in [6.07, 6.45) is -4.51. The first-order chi connectivity index (χ1) is 9.30. The molecule has 108 valence electrons. The number of alkyl halides is 3. The van der Waals surface area contributed by atoms with E-state index in [4.69, 9.17) is 0 Å². The molecule has 20 heavy (non-hydrogen) atoms. The molecule has 1 aromatic heterocycles. The fraction of sp³-hybridized carbons (Fsp3) is 0.385. The predicted octanol–water partition coefficient (Wildman–Crippen LogP) is 3.79. The Morgan fingerprint density at radius 3 is 2.75 bits per heavy atom. The SMILES string of the molecule is C[C@@H]1NCCn2c1c1cc(Br)cc(C(F)(F)F)c1c2O. The smallest absolute Gasteiger partial charge is 0.417 e. The molecule has 0 saturated heterocycles. The molecule has 1 atom stereocenters. The second-order valence-electron chi connectivity index (χ2n) is 4.91. The van der Waals surface area contributed by atoms with E-state index in [1.54, 1.807) is 10.6 Å². The van der Waals surface area contributed by atoms with E-state index in [0.717, 1.165) is 6.07 Å². The minimum atomic E-state index is -4.51. The Hall–Kier alpha value is -1.21. The molecule has 7 heteroatoms. The van der Waals surface area contributed by atoms with Crippen molar-refractivity contribution in [1.29, 1.82) is 0 Å². The largest absolute Gasteiger partial charge is 0.494 e. The van der Waals surface area contributed by atoms with E-state index in [1.165, 1.54) is 0 Å². The van der Waals surface area contributed by atoms with E-state index in [9.17, 15) is 18.3 Å². The van der Waals surface area contributed by atoms with Gasteiger partial charge in [-0.2, -0.15) is 13.2 Å². The maximum Gasteiger partial charge on any atom is 0.417 e. The number of hydrogen-bond donors (Lipinski definition) is 2. The summed E-state index contributed by atoms with van der Waals surface area (Å²) in [6.45, 7) is 2.94. The van der Waals surface area contributed by atoms with Crippen molar-refractivity contribution in [2.24, 2.45) is 0 Å². The van der Waals surface area contributed by atoms with E-state index >= 15 is 0 Å². The van der Waals surface area contributed by atoms with Crippen LogP contribution < -0.4 is 5.32 Å². The van der Waals surface area contributed by atoms with Crippen LogP contribution in [0.1, 0.15) is 24.2 Å². The van der Waals surface area contributed by atoms with Crippen molar-refractivity contribution in [3.8, 4) is 5.88 Å². The molecule has 0 saturated carbocycles. The number of fused-ring (bicyclic) bond motifs is 3. The summed E-state index contributed by atoms with van der Waals surface area (Å²) < 4.78 is 41.5. The van der Waals surface area contributed by atoms with E-state index in [0.29, 0.717) is 28.6 Å². The van der Waals surface area contributed by atoms with Gasteiger partial charge in [-0.05, 0) is 19.1 Å². The molecule has 0 radical (unpaired) electrons. The first-order valence-electron chi connectivity index (χ1n) is 6.16. The van der Waals surface area contributed by atoms with Gasteiger partial charge in [0.15, 0.2) is 5.88 Å². The summed E-state index contributed by atoms with van der Waals surface area (Å²) in [6, 6.07) is 2.52. The van der Waals surface area contributed by atoms with Gasteiger partial charge in [-0.1, -0.05) is 15.9 Å². The fourth-order valence-electron chi connectivity index (χ4n) is 2.85. The second-order valence-corrected chi connectivity index (χ2v) is 5.83. The Balaban J connectivity index is 2.45. The number of aromatic hydroxyl groups is 1. The van der Waals surface area contributed by atoms with E-state index in [-0.39, 0.29) is 17.3 Å². The van der Waals surface area contributed by atoms with Gasteiger partial charge in [0, 0.05) is 34.7 Å². The lowest BCUT2D eigenvalue weighted by Gasteiger charge is -2.23. The number of aromatic nitrogens is 1. The summed E-state index contributed by atoms with van der Waals surface area (Å²) in [7, 11) is 0. The van der Waals surface area contributed by atoms with E-state index in [2.05, 4.69) is 21.2 Å². The molecule has 3 rings (SSSR count). The van der Waals surface area contributed by atoms with Crippen LogP contribution in [0, 0.1) is 0 Å². The molecule has 1 aliphatic heterocycles. The third kappa shape index (κ3) is 1.91. The minimum Gasteiger partial charge on any atom is -0.494 e. The third-order valence-corrected chi connectivity index (χ3v) is 4.11. The number of benzene rings is 1. The van der Waals surface area contributed by atoms with Crippen LogP contribution in [-0.2, 0) is 12.7 Å². The van der Waals surface area contributed by atoms with Crippen molar-refractivity contribution in [2.75, 3.05) is 6.54 Å². The van der Waals surface area contributed by atoms with E-state index < -0.39 is 11.7 Å². The number of rotatable bonds is 0. The first-order valence-corrected chi connectivity index (χ1v) is 6.95. The molecule has 0 spiro atoms.